The molecular formula is C16H16INO4S. The average Bonchev–Trinajstić information content (AvgIpc) is 2.74. The molecule has 1 saturated heterocycles. The minimum Gasteiger partial charge on any atom is -0.490 e. The highest BCUT2D eigenvalue weighted by Gasteiger charge is 2.31. The first-order valence-corrected chi connectivity index (χ1v) is 8.79. The number of nitrogens with zero attached hydrogens (tertiary/aromatic N) is 1. The molecule has 0 radical (unpaired) electrons. The number of carbonyl (C=O) groups excluding carboxylic acids is 2. The minimum absolute atomic E-state index is 0.271. The lowest BCUT2D eigenvalue weighted by Gasteiger charge is -2.13. The van der Waals surface area contributed by atoms with Crippen LogP contribution in [0.4, 0.5) is 4.79 Å². The van der Waals surface area contributed by atoms with Crippen molar-refractivity contribution >= 4 is 51.6 Å². The van der Waals surface area contributed by atoms with Gasteiger partial charge in [0.25, 0.3) is 11.1 Å². The van der Waals surface area contributed by atoms with Gasteiger partial charge in [-0.1, -0.05) is 12.7 Å². The van der Waals surface area contributed by atoms with Gasteiger partial charge in [-0.15, -0.1) is 0 Å². The third kappa shape index (κ3) is 4.08. The molecule has 0 spiro atoms. The summed E-state index contributed by atoms with van der Waals surface area (Å²) in [4.78, 5) is 25.0. The van der Waals surface area contributed by atoms with Crippen LogP contribution in [0.1, 0.15) is 12.5 Å². The van der Waals surface area contributed by atoms with Crippen LogP contribution in [-0.4, -0.2) is 36.3 Å². The van der Waals surface area contributed by atoms with Crippen molar-refractivity contribution in [1.82, 2.24) is 4.90 Å². The van der Waals surface area contributed by atoms with Gasteiger partial charge in [-0.3, -0.25) is 14.5 Å². The predicted molar refractivity (Wildman–Crippen MR) is 99.8 cm³/mol. The normalized spacial score (nSPS) is 16.1. The zero-order valence-corrected chi connectivity index (χ0v) is 15.8. The van der Waals surface area contributed by atoms with Gasteiger partial charge < -0.3 is 9.47 Å². The largest absolute Gasteiger partial charge is 0.490 e. The van der Waals surface area contributed by atoms with E-state index < -0.39 is 0 Å². The molecule has 0 unspecified atom stereocenters. The van der Waals surface area contributed by atoms with E-state index in [1.54, 1.807) is 18.2 Å². The molecule has 1 aliphatic heterocycles. The van der Waals surface area contributed by atoms with Gasteiger partial charge in [-0.2, -0.15) is 0 Å². The number of rotatable bonds is 6. The SMILES string of the molecule is C=CCOc1c(I)cc(/C=C2/SC(=O)N(C)C2=O)cc1OCC. The summed E-state index contributed by atoms with van der Waals surface area (Å²) in [6.07, 6.45) is 3.35. The van der Waals surface area contributed by atoms with Crippen LogP contribution in [0.3, 0.4) is 0 Å². The zero-order chi connectivity index (χ0) is 17.0. The van der Waals surface area contributed by atoms with Crippen LogP contribution in [-0.2, 0) is 4.79 Å². The van der Waals surface area contributed by atoms with Crippen molar-refractivity contribution < 1.29 is 19.1 Å². The fourth-order valence-electron chi connectivity index (χ4n) is 1.91. The third-order valence-corrected chi connectivity index (χ3v) is 4.72. The molecule has 0 aliphatic carbocycles. The highest BCUT2D eigenvalue weighted by atomic mass is 127. The maximum absolute atomic E-state index is 12.0. The second-order valence-corrected chi connectivity index (χ2v) is 6.76. The van der Waals surface area contributed by atoms with Crippen LogP contribution in [0.2, 0.25) is 0 Å². The van der Waals surface area contributed by atoms with Crippen molar-refractivity contribution in [3.05, 3.63) is 38.8 Å². The molecule has 1 fully saturated rings. The van der Waals surface area contributed by atoms with Crippen LogP contribution in [0.15, 0.2) is 29.7 Å². The Labute approximate surface area is 152 Å². The van der Waals surface area contributed by atoms with E-state index in [1.807, 2.05) is 13.0 Å². The van der Waals surface area contributed by atoms with Gasteiger partial charge in [0, 0.05) is 7.05 Å². The number of ether oxygens (including phenoxy) is 2. The smallest absolute Gasteiger partial charge is 0.293 e. The fraction of sp³-hybridized carbons (Fsp3) is 0.250. The van der Waals surface area contributed by atoms with Crippen molar-refractivity contribution in [3.8, 4) is 11.5 Å². The van der Waals surface area contributed by atoms with Crippen LogP contribution in [0, 0.1) is 3.57 Å². The molecule has 0 bridgehead atoms. The second-order valence-electron chi connectivity index (χ2n) is 4.60. The molecule has 23 heavy (non-hydrogen) atoms. The van der Waals surface area contributed by atoms with Gasteiger partial charge in [-0.25, -0.2) is 0 Å². The highest BCUT2D eigenvalue weighted by molar-refractivity contribution is 14.1. The van der Waals surface area contributed by atoms with Crippen molar-refractivity contribution in [2.45, 2.75) is 6.92 Å². The lowest BCUT2D eigenvalue weighted by Crippen LogP contribution is -2.22. The predicted octanol–water partition coefficient (Wildman–Crippen LogP) is 3.92. The topological polar surface area (TPSA) is 55.8 Å². The second kappa shape index (κ2) is 7.87. The summed E-state index contributed by atoms with van der Waals surface area (Å²) in [6, 6.07) is 3.68. The van der Waals surface area contributed by atoms with Gasteiger partial charge in [-0.05, 0) is 65.0 Å². The monoisotopic (exact) mass is 445 g/mol. The molecule has 2 amide bonds. The number of thioether (sulfide) groups is 1. The van der Waals surface area contributed by atoms with E-state index in [2.05, 4.69) is 29.2 Å². The third-order valence-electron chi connectivity index (χ3n) is 2.96. The zero-order valence-electron chi connectivity index (χ0n) is 12.8. The Balaban J connectivity index is 2.39. The van der Waals surface area contributed by atoms with Crippen LogP contribution < -0.4 is 9.47 Å². The van der Waals surface area contributed by atoms with Crippen molar-refractivity contribution in [2.75, 3.05) is 20.3 Å². The standard InChI is InChI=1S/C16H16INO4S/c1-4-6-22-14-11(17)7-10(8-12(14)21-5-2)9-13-15(19)18(3)16(20)23-13/h4,7-9H,1,5-6H2,2-3H3/b13-9+. The Hall–Kier alpha value is -1.48. The first kappa shape index (κ1) is 17.9. The Kier molecular flexibility index (Phi) is 6.11. The van der Waals surface area contributed by atoms with E-state index in [-0.39, 0.29) is 11.1 Å². The Morgan fingerprint density at radius 2 is 2.09 bits per heavy atom. The number of imide groups is 1. The van der Waals surface area contributed by atoms with Crippen molar-refractivity contribution in [2.24, 2.45) is 0 Å². The number of halogens is 1. The Morgan fingerprint density at radius 3 is 2.65 bits per heavy atom. The summed E-state index contributed by atoms with van der Waals surface area (Å²) in [5.74, 6) is 0.955. The quantitative estimate of drug-likeness (QED) is 0.378. The van der Waals surface area contributed by atoms with E-state index in [0.717, 1.165) is 25.8 Å². The first-order valence-electron chi connectivity index (χ1n) is 6.89. The van der Waals surface area contributed by atoms with E-state index in [0.29, 0.717) is 29.6 Å². The molecule has 0 aromatic heterocycles. The number of benzene rings is 1. The lowest BCUT2D eigenvalue weighted by atomic mass is 10.2. The fourth-order valence-corrected chi connectivity index (χ4v) is 3.52. The molecule has 0 atom stereocenters. The summed E-state index contributed by atoms with van der Waals surface area (Å²) < 4.78 is 12.1. The summed E-state index contributed by atoms with van der Waals surface area (Å²) in [7, 11) is 1.47. The number of carbonyl (C=O) groups is 2. The first-order chi connectivity index (χ1) is 11.0. The van der Waals surface area contributed by atoms with E-state index >= 15 is 0 Å². The van der Waals surface area contributed by atoms with Crippen LogP contribution in [0.5, 0.6) is 11.5 Å². The van der Waals surface area contributed by atoms with Crippen molar-refractivity contribution in [1.29, 1.82) is 0 Å². The average molecular weight is 445 g/mol. The van der Waals surface area contributed by atoms with E-state index in [4.69, 9.17) is 9.47 Å². The molecule has 1 heterocycles. The highest BCUT2D eigenvalue weighted by Crippen LogP contribution is 2.37. The molecule has 1 aromatic carbocycles. The maximum Gasteiger partial charge on any atom is 0.293 e. The molecule has 7 heteroatoms. The molecule has 1 aliphatic rings. The van der Waals surface area contributed by atoms with Gasteiger partial charge in [0.1, 0.15) is 6.61 Å². The number of hydrogen-bond donors (Lipinski definition) is 0. The molecule has 122 valence electrons. The lowest BCUT2D eigenvalue weighted by molar-refractivity contribution is -0.121. The van der Waals surface area contributed by atoms with Gasteiger partial charge in [0.2, 0.25) is 0 Å². The Morgan fingerprint density at radius 1 is 1.35 bits per heavy atom. The van der Waals surface area contributed by atoms with Gasteiger partial charge >= 0.3 is 0 Å². The van der Waals surface area contributed by atoms with Crippen molar-refractivity contribution in [3.63, 3.8) is 0 Å². The molecule has 0 N–H and O–H groups in total. The maximum atomic E-state index is 12.0. The molecule has 5 nitrogen and oxygen atoms in total. The summed E-state index contributed by atoms with van der Waals surface area (Å²) in [6.45, 7) is 6.40. The number of likely N-dealkylation sites (N-methyl/N-ethyl adjacent to an activating group) is 1. The Bertz CT molecular complexity index is 687. The number of amides is 2. The summed E-state index contributed by atoms with van der Waals surface area (Å²) in [5, 5.41) is -0.271. The summed E-state index contributed by atoms with van der Waals surface area (Å²) >= 11 is 3.08. The van der Waals surface area contributed by atoms with Crippen LogP contribution >= 0.6 is 34.4 Å². The van der Waals surface area contributed by atoms with Gasteiger partial charge in [0.15, 0.2) is 11.5 Å². The minimum atomic E-state index is -0.292. The van der Waals surface area contributed by atoms with E-state index in [9.17, 15) is 9.59 Å². The van der Waals surface area contributed by atoms with E-state index in [1.165, 1.54) is 7.05 Å². The number of hydrogen-bond acceptors (Lipinski definition) is 5. The summed E-state index contributed by atoms with van der Waals surface area (Å²) in [5.41, 5.74) is 0.780. The molecular weight excluding hydrogens is 429 g/mol. The van der Waals surface area contributed by atoms with Gasteiger partial charge in [0.05, 0.1) is 15.1 Å². The molecule has 2 rings (SSSR count). The molecule has 1 aromatic rings. The molecule has 0 saturated carbocycles. The van der Waals surface area contributed by atoms with Crippen LogP contribution in [0.25, 0.3) is 6.08 Å².